The molecule has 28 heavy (non-hydrogen) atoms. The zero-order valence-corrected chi connectivity index (χ0v) is 16.9. The minimum atomic E-state index is -4.04. The van der Waals surface area contributed by atoms with Crippen molar-refractivity contribution in [2.24, 2.45) is 11.8 Å². The van der Waals surface area contributed by atoms with Crippen LogP contribution < -0.4 is 0 Å². The molecule has 0 aliphatic heterocycles. The molecular weight excluding hydrogens is 404 g/mol. The Labute approximate surface area is 168 Å². The molecule has 0 bridgehead atoms. The van der Waals surface area contributed by atoms with Crippen LogP contribution in [-0.2, 0) is 14.6 Å². The second kappa shape index (κ2) is 7.81. The second-order valence-electron chi connectivity index (χ2n) is 7.33. The van der Waals surface area contributed by atoms with Gasteiger partial charge in [-0.3, -0.25) is 0 Å². The maximum absolute atomic E-state index is 14.7. The Morgan fingerprint density at radius 1 is 1.14 bits per heavy atom. The van der Waals surface area contributed by atoms with E-state index in [4.69, 9.17) is 11.6 Å². The summed E-state index contributed by atoms with van der Waals surface area (Å²) >= 11 is 5.88. The van der Waals surface area contributed by atoms with Gasteiger partial charge in [0.2, 0.25) is 0 Å². The third kappa shape index (κ3) is 3.54. The van der Waals surface area contributed by atoms with E-state index in [1.165, 1.54) is 24.3 Å². The van der Waals surface area contributed by atoms with E-state index in [0.29, 0.717) is 17.9 Å². The predicted octanol–water partition coefficient (Wildman–Crippen LogP) is 5.64. The molecule has 7 heteroatoms. The summed E-state index contributed by atoms with van der Waals surface area (Å²) in [5.41, 5.74) is -0.148. The van der Waals surface area contributed by atoms with Gasteiger partial charge in [-0.25, -0.2) is 17.2 Å². The maximum atomic E-state index is 14.7. The first kappa shape index (κ1) is 20.8. The van der Waals surface area contributed by atoms with Crippen LogP contribution in [0.3, 0.4) is 0 Å². The molecule has 0 N–H and O–H groups in total. The van der Waals surface area contributed by atoms with Gasteiger partial charge in [0.1, 0.15) is 16.4 Å². The molecule has 2 aromatic rings. The number of benzene rings is 2. The summed E-state index contributed by atoms with van der Waals surface area (Å²) in [6.07, 6.45) is 1.12. The first-order chi connectivity index (χ1) is 13.2. The molecule has 0 spiro atoms. The molecular formula is C21H20ClF2NO2S. The van der Waals surface area contributed by atoms with Crippen molar-refractivity contribution >= 4 is 21.4 Å². The van der Waals surface area contributed by atoms with Gasteiger partial charge in [0.25, 0.3) is 0 Å². The molecule has 0 amide bonds. The quantitative estimate of drug-likeness (QED) is 0.639. The van der Waals surface area contributed by atoms with Crippen LogP contribution in [0.4, 0.5) is 8.78 Å². The molecule has 3 nitrogen and oxygen atoms in total. The summed E-state index contributed by atoms with van der Waals surface area (Å²) in [6, 6.07) is 10.8. The van der Waals surface area contributed by atoms with Crippen molar-refractivity contribution in [1.29, 1.82) is 5.26 Å². The SMILES string of the molecule is CC(C#N)C1CCC(c2cc(F)ccc2F)(S(=O)(=O)c2ccc(Cl)cc2)CC1. The third-order valence-electron chi connectivity index (χ3n) is 5.81. The number of sulfone groups is 1. The topological polar surface area (TPSA) is 57.9 Å². The van der Waals surface area contributed by atoms with Gasteiger partial charge in [-0.15, -0.1) is 0 Å². The summed E-state index contributed by atoms with van der Waals surface area (Å²) in [5, 5.41) is 9.57. The smallest absolute Gasteiger partial charge is 0.188 e. The van der Waals surface area contributed by atoms with E-state index in [1.54, 1.807) is 6.92 Å². The molecule has 1 aliphatic rings. The van der Waals surface area contributed by atoms with Gasteiger partial charge in [0.05, 0.1) is 11.0 Å². The van der Waals surface area contributed by atoms with Crippen molar-refractivity contribution in [1.82, 2.24) is 0 Å². The summed E-state index contributed by atoms with van der Waals surface area (Å²) in [7, 11) is -4.04. The molecule has 2 aromatic carbocycles. The van der Waals surface area contributed by atoms with Crippen molar-refractivity contribution in [3.63, 3.8) is 0 Å². The standard InChI is InChI=1S/C21H20ClF2NO2S/c1-14(13-25)15-8-10-21(11-9-15,19-12-17(23)4-7-20(19)24)28(26,27)18-5-2-16(22)3-6-18/h2-7,12,14-15H,8-11H2,1H3. The van der Waals surface area contributed by atoms with Crippen molar-refractivity contribution < 1.29 is 17.2 Å². The van der Waals surface area contributed by atoms with Crippen LogP contribution in [0.2, 0.25) is 5.02 Å². The molecule has 0 aromatic heterocycles. The van der Waals surface area contributed by atoms with Crippen molar-refractivity contribution in [3.8, 4) is 6.07 Å². The second-order valence-corrected chi connectivity index (χ2v) is 10.0. The normalized spacial score (nSPS) is 23.8. The van der Waals surface area contributed by atoms with Gasteiger partial charge in [0.15, 0.2) is 9.84 Å². The molecule has 0 saturated heterocycles. The summed E-state index contributed by atoms with van der Waals surface area (Å²) in [5.74, 6) is -1.64. The van der Waals surface area contributed by atoms with Crippen LogP contribution in [0.1, 0.15) is 38.2 Å². The Morgan fingerprint density at radius 2 is 1.75 bits per heavy atom. The number of nitrogens with zero attached hydrogens (tertiary/aromatic N) is 1. The Morgan fingerprint density at radius 3 is 2.32 bits per heavy atom. The molecule has 148 valence electrons. The number of rotatable bonds is 4. The molecule has 3 rings (SSSR count). The van der Waals surface area contributed by atoms with E-state index < -0.39 is 26.2 Å². The van der Waals surface area contributed by atoms with Crippen LogP contribution in [0.15, 0.2) is 47.4 Å². The molecule has 0 heterocycles. The Balaban J connectivity index is 2.15. The molecule has 1 saturated carbocycles. The zero-order chi connectivity index (χ0) is 20.5. The lowest BCUT2D eigenvalue weighted by atomic mass is 9.74. The molecule has 0 radical (unpaired) electrons. The fraction of sp³-hybridized carbons (Fsp3) is 0.381. The van der Waals surface area contributed by atoms with Gasteiger partial charge in [-0.05, 0) is 81.0 Å². The lowest BCUT2D eigenvalue weighted by Gasteiger charge is -2.40. The zero-order valence-electron chi connectivity index (χ0n) is 15.3. The van der Waals surface area contributed by atoms with E-state index in [0.717, 1.165) is 18.2 Å². The number of nitriles is 1. The molecule has 1 aliphatic carbocycles. The van der Waals surface area contributed by atoms with Crippen LogP contribution in [0, 0.1) is 34.8 Å². The monoisotopic (exact) mass is 423 g/mol. The summed E-state index contributed by atoms with van der Waals surface area (Å²) < 4.78 is 54.4. The van der Waals surface area contributed by atoms with Gasteiger partial charge < -0.3 is 0 Å². The lowest BCUT2D eigenvalue weighted by molar-refractivity contribution is 0.251. The molecule has 1 atom stereocenters. The highest BCUT2D eigenvalue weighted by atomic mass is 35.5. The first-order valence-corrected chi connectivity index (χ1v) is 10.9. The van der Waals surface area contributed by atoms with E-state index in [9.17, 15) is 22.5 Å². The third-order valence-corrected chi connectivity index (χ3v) is 8.61. The van der Waals surface area contributed by atoms with Gasteiger partial charge in [-0.1, -0.05) is 11.6 Å². The highest BCUT2D eigenvalue weighted by Crippen LogP contribution is 2.50. The lowest BCUT2D eigenvalue weighted by Crippen LogP contribution is -2.41. The van der Waals surface area contributed by atoms with E-state index in [2.05, 4.69) is 6.07 Å². The fourth-order valence-corrected chi connectivity index (χ4v) is 6.37. The van der Waals surface area contributed by atoms with Crippen LogP contribution >= 0.6 is 11.6 Å². The van der Waals surface area contributed by atoms with Crippen molar-refractivity contribution in [2.75, 3.05) is 0 Å². The average molecular weight is 424 g/mol. The van der Waals surface area contributed by atoms with Crippen LogP contribution in [0.25, 0.3) is 0 Å². The van der Waals surface area contributed by atoms with Gasteiger partial charge >= 0.3 is 0 Å². The maximum Gasteiger partial charge on any atom is 0.188 e. The highest BCUT2D eigenvalue weighted by molar-refractivity contribution is 7.92. The highest BCUT2D eigenvalue weighted by Gasteiger charge is 2.50. The van der Waals surface area contributed by atoms with Crippen LogP contribution in [0.5, 0.6) is 0 Å². The summed E-state index contributed by atoms with van der Waals surface area (Å²) in [6.45, 7) is 1.80. The largest absolute Gasteiger partial charge is 0.223 e. The minimum Gasteiger partial charge on any atom is -0.223 e. The first-order valence-electron chi connectivity index (χ1n) is 9.06. The van der Waals surface area contributed by atoms with E-state index in [-0.39, 0.29) is 35.1 Å². The molecule has 1 unspecified atom stereocenters. The van der Waals surface area contributed by atoms with Gasteiger partial charge in [-0.2, -0.15) is 5.26 Å². The number of hydrogen-bond donors (Lipinski definition) is 0. The van der Waals surface area contributed by atoms with Gasteiger partial charge in [0, 0.05) is 16.5 Å². The summed E-state index contributed by atoms with van der Waals surface area (Å²) in [4.78, 5) is 0.0207. The van der Waals surface area contributed by atoms with E-state index >= 15 is 0 Å². The van der Waals surface area contributed by atoms with Crippen molar-refractivity contribution in [3.05, 3.63) is 64.7 Å². The number of hydrogen-bond acceptors (Lipinski definition) is 3. The van der Waals surface area contributed by atoms with Crippen molar-refractivity contribution in [2.45, 2.75) is 42.2 Å². The Hall–Kier alpha value is -1.97. The Kier molecular flexibility index (Phi) is 5.79. The fourth-order valence-electron chi connectivity index (χ4n) is 4.08. The number of halogens is 3. The van der Waals surface area contributed by atoms with E-state index in [1.807, 2.05) is 0 Å². The molecule has 1 fully saturated rings. The van der Waals surface area contributed by atoms with Crippen LogP contribution in [-0.4, -0.2) is 8.42 Å². The Bertz CT molecular complexity index is 1010. The predicted molar refractivity (Wildman–Crippen MR) is 103 cm³/mol. The minimum absolute atomic E-state index is 0.0207. The average Bonchev–Trinajstić information content (AvgIpc) is 2.69.